The first-order chi connectivity index (χ1) is 10.8. The Morgan fingerprint density at radius 1 is 1.26 bits per heavy atom. The maximum absolute atomic E-state index is 12.2. The predicted molar refractivity (Wildman–Crippen MR) is 97.9 cm³/mol. The van der Waals surface area contributed by atoms with E-state index in [1.54, 1.807) is 37.2 Å². The van der Waals surface area contributed by atoms with Gasteiger partial charge in [-0.1, -0.05) is 26.2 Å². The zero-order chi connectivity index (χ0) is 18.0. The van der Waals surface area contributed by atoms with Crippen LogP contribution in [0.1, 0.15) is 41.0 Å². The van der Waals surface area contributed by atoms with Crippen LogP contribution in [0.15, 0.2) is 65.2 Å². The van der Waals surface area contributed by atoms with Crippen LogP contribution in [-0.4, -0.2) is 23.8 Å². The van der Waals surface area contributed by atoms with Gasteiger partial charge in [0, 0.05) is 18.3 Å². The average Bonchev–Trinajstić information content (AvgIpc) is 2.48. The van der Waals surface area contributed by atoms with E-state index < -0.39 is 0 Å². The van der Waals surface area contributed by atoms with Gasteiger partial charge in [0.05, 0.1) is 7.11 Å². The molecule has 0 aliphatic rings. The van der Waals surface area contributed by atoms with Gasteiger partial charge in [0.1, 0.15) is 11.6 Å². The standard InChI is InChI=1S/C19H28N2O2/c1-9-17(10-2)19(20-14(4)5)21(16(7)22)15(6)12-13-18(11-3)23-8/h9,11-13H,3-4,10H2,1-2,5-8H3/b15-12+,17-9-,18-13+,20-19+. The summed E-state index contributed by atoms with van der Waals surface area (Å²) in [7, 11) is 1.57. The van der Waals surface area contributed by atoms with E-state index in [9.17, 15) is 4.79 Å². The molecule has 0 N–H and O–H groups in total. The molecule has 0 rings (SSSR count). The normalized spacial score (nSPS) is 13.7. The van der Waals surface area contributed by atoms with Gasteiger partial charge in [-0.05, 0) is 51.0 Å². The third kappa shape index (κ3) is 6.51. The van der Waals surface area contributed by atoms with Crippen LogP contribution >= 0.6 is 0 Å². The molecular formula is C19H28N2O2. The molecule has 0 aliphatic heterocycles. The summed E-state index contributed by atoms with van der Waals surface area (Å²) in [6, 6.07) is 0. The highest BCUT2D eigenvalue weighted by molar-refractivity contribution is 6.08. The third-order valence-electron chi connectivity index (χ3n) is 3.12. The Kier molecular flexibility index (Phi) is 9.31. The van der Waals surface area contributed by atoms with Crippen LogP contribution in [0.2, 0.25) is 0 Å². The van der Waals surface area contributed by atoms with E-state index in [2.05, 4.69) is 18.2 Å². The lowest BCUT2D eigenvalue weighted by atomic mass is 10.1. The number of hydrogen-bond donors (Lipinski definition) is 0. The Bertz CT molecular complexity index is 578. The molecule has 0 fully saturated rings. The van der Waals surface area contributed by atoms with E-state index in [0.717, 1.165) is 17.7 Å². The second-order valence-corrected chi connectivity index (χ2v) is 4.98. The summed E-state index contributed by atoms with van der Waals surface area (Å²) in [5.74, 6) is 1.11. The van der Waals surface area contributed by atoms with Gasteiger partial charge >= 0.3 is 0 Å². The predicted octanol–water partition coefficient (Wildman–Crippen LogP) is 4.74. The Morgan fingerprint density at radius 3 is 2.22 bits per heavy atom. The van der Waals surface area contributed by atoms with Crippen molar-refractivity contribution in [3.8, 4) is 0 Å². The number of carbonyl (C=O) groups excluding carboxylic acids is 1. The third-order valence-corrected chi connectivity index (χ3v) is 3.12. The van der Waals surface area contributed by atoms with Crippen LogP contribution < -0.4 is 0 Å². The van der Waals surface area contributed by atoms with Crippen molar-refractivity contribution in [2.45, 2.75) is 41.0 Å². The highest BCUT2D eigenvalue weighted by Crippen LogP contribution is 2.17. The van der Waals surface area contributed by atoms with Crippen molar-refractivity contribution in [2.75, 3.05) is 7.11 Å². The minimum Gasteiger partial charge on any atom is -0.497 e. The lowest BCUT2D eigenvalue weighted by Crippen LogP contribution is -2.35. The molecule has 0 bridgehead atoms. The number of hydrogen-bond acceptors (Lipinski definition) is 3. The summed E-state index contributed by atoms with van der Waals surface area (Å²) in [6.45, 7) is 16.6. The molecule has 126 valence electrons. The quantitative estimate of drug-likeness (QED) is 0.294. The molecule has 0 unspecified atom stereocenters. The van der Waals surface area contributed by atoms with Crippen molar-refractivity contribution in [2.24, 2.45) is 4.99 Å². The van der Waals surface area contributed by atoms with Gasteiger partial charge in [-0.25, -0.2) is 4.99 Å². The smallest absolute Gasteiger partial charge is 0.229 e. The molecule has 1 amide bonds. The largest absolute Gasteiger partial charge is 0.497 e. The first kappa shape index (κ1) is 20.6. The molecule has 0 aromatic heterocycles. The van der Waals surface area contributed by atoms with E-state index in [1.165, 1.54) is 6.92 Å². The zero-order valence-corrected chi connectivity index (χ0v) is 15.1. The number of carbonyl (C=O) groups is 1. The summed E-state index contributed by atoms with van der Waals surface area (Å²) in [6.07, 6.45) is 7.90. The van der Waals surface area contributed by atoms with Gasteiger partial charge in [0.2, 0.25) is 5.91 Å². The van der Waals surface area contributed by atoms with Crippen LogP contribution in [0, 0.1) is 0 Å². The summed E-state index contributed by atoms with van der Waals surface area (Å²) in [5, 5.41) is 0. The summed E-state index contributed by atoms with van der Waals surface area (Å²) < 4.78 is 5.14. The number of amidine groups is 1. The highest BCUT2D eigenvalue weighted by atomic mass is 16.5. The molecule has 0 aromatic rings. The van der Waals surface area contributed by atoms with Crippen molar-refractivity contribution >= 4 is 11.7 Å². The Labute approximate surface area is 140 Å². The molecular weight excluding hydrogens is 288 g/mol. The number of aliphatic imine (C=N–C) groups is 1. The number of rotatable bonds is 7. The maximum atomic E-state index is 12.2. The highest BCUT2D eigenvalue weighted by Gasteiger charge is 2.20. The summed E-state index contributed by atoms with van der Waals surface area (Å²) in [4.78, 5) is 18.3. The van der Waals surface area contributed by atoms with Crippen molar-refractivity contribution in [3.05, 3.63) is 60.2 Å². The van der Waals surface area contributed by atoms with Gasteiger partial charge in [-0.2, -0.15) is 0 Å². The fraction of sp³-hybridized carbons (Fsp3) is 0.368. The molecule has 4 heteroatoms. The molecule has 0 radical (unpaired) electrons. The summed E-state index contributed by atoms with van der Waals surface area (Å²) >= 11 is 0. The number of allylic oxidation sites excluding steroid dienone is 6. The molecule has 0 aliphatic carbocycles. The van der Waals surface area contributed by atoms with Crippen molar-refractivity contribution < 1.29 is 9.53 Å². The zero-order valence-electron chi connectivity index (χ0n) is 15.1. The fourth-order valence-corrected chi connectivity index (χ4v) is 2.00. The van der Waals surface area contributed by atoms with E-state index in [-0.39, 0.29) is 5.91 Å². The number of ether oxygens (including phenoxy) is 1. The van der Waals surface area contributed by atoms with Crippen LogP contribution in [0.5, 0.6) is 0 Å². The second kappa shape index (κ2) is 10.4. The Morgan fingerprint density at radius 2 is 1.87 bits per heavy atom. The monoisotopic (exact) mass is 316 g/mol. The van der Waals surface area contributed by atoms with E-state index in [4.69, 9.17) is 4.74 Å². The lowest BCUT2D eigenvalue weighted by molar-refractivity contribution is -0.123. The minimum atomic E-state index is -0.113. The first-order valence-corrected chi connectivity index (χ1v) is 7.57. The van der Waals surface area contributed by atoms with Gasteiger partial charge in [0.25, 0.3) is 0 Å². The fourth-order valence-electron chi connectivity index (χ4n) is 2.00. The molecule has 0 aromatic carbocycles. The Balaban J connectivity index is 6.06. The molecule has 4 nitrogen and oxygen atoms in total. The van der Waals surface area contributed by atoms with Crippen LogP contribution in [-0.2, 0) is 9.53 Å². The van der Waals surface area contributed by atoms with Crippen molar-refractivity contribution in [3.63, 3.8) is 0 Å². The van der Waals surface area contributed by atoms with Crippen LogP contribution in [0.4, 0.5) is 0 Å². The van der Waals surface area contributed by atoms with Crippen molar-refractivity contribution in [1.29, 1.82) is 0 Å². The van der Waals surface area contributed by atoms with Crippen molar-refractivity contribution in [1.82, 2.24) is 4.90 Å². The van der Waals surface area contributed by atoms with Crippen LogP contribution in [0.3, 0.4) is 0 Å². The van der Waals surface area contributed by atoms with Gasteiger partial charge in [-0.15, -0.1) is 0 Å². The van der Waals surface area contributed by atoms with E-state index >= 15 is 0 Å². The molecule has 0 saturated carbocycles. The van der Waals surface area contributed by atoms with Gasteiger partial charge < -0.3 is 4.74 Å². The first-order valence-electron chi connectivity index (χ1n) is 7.57. The van der Waals surface area contributed by atoms with Gasteiger partial charge in [0.15, 0.2) is 0 Å². The lowest BCUT2D eigenvalue weighted by Gasteiger charge is -2.25. The number of methoxy groups -OCH3 is 1. The maximum Gasteiger partial charge on any atom is 0.229 e. The second-order valence-electron chi connectivity index (χ2n) is 4.98. The molecule has 0 atom stereocenters. The molecule has 23 heavy (non-hydrogen) atoms. The SMILES string of the molecule is C=C/C(=C\C=C(/C)N(C(C)=O)C(=N/C(=C)C)/C(=C\C)CC)OC. The Hall–Kier alpha value is -2.36. The topological polar surface area (TPSA) is 41.9 Å². The molecule has 0 spiro atoms. The average molecular weight is 316 g/mol. The van der Waals surface area contributed by atoms with Gasteiger partial charge in [-0.3, -0.25) is 9.69 Å². The van der Waals surface area contributed by atoms with Crippen LogP contribution in [0.25, 0.3) is 0 Å². The molecule has 0 saturated heterocycles. The minimum absolute atomic E-state index is 0.113. The number of amides is 1. The summed E-state index contributed by atoms with van der Waals surface area (Å²) in [5.41, 5.74) is 2.36. The molecule has 0 heterocycles. The van der Waals surface area contributed by atoms with E-state index in [0.29, 0.717) is 17.3 Å². The van der Waals surface area contributed by atoms with E-state index in [1.807, 2.05) is 26.8 Å². The number of nitrogens with zero attached hydrogens (tertiary/aromatic N) is 2.